The zero-order valence-electron chi connectivity index (χ0n) is 9.45. The molecule has 2 aromatic rings. The monoisotopic (exact) mass is 294 g/mol. The third-order valence-corrected chi connectivity index (χ3v) is 4.03. The van der Waals surface area contributed by atoms with Crippen LogP contribution in [0.5, 0.6) is 0 Å². The molecule has 0 saturated carbocycles. The van der Waals surface area contributed by atoms with Gasteiger partial charge in [0.15, 0.2) is 0 Å². The average Bonchev–Trinajstić information content (AvgIpc) is 2.83. The number of thiazole rings is 1. The molecule has 1 N–H and O–H groups in total. The molecule has 9 heteroatoms. The van der Waals surface area contributed by atoms with Gasteiger partial charge in [0.1, 0.15) is 5.01 Å². The molecule has 0 bridgehead atoms. The van der Waals surface area contributed by atoms with Gasteiger partial charge in [0.05, 0.1) is 5.54 Å². The summed E-state index contributed by atoms with van der Waals surface area (Å²) in [6, 6.07) is 0. The lowest BCUT2D eigenvalue weighted by atomic mass is 10.1. The van der Waals surface area contributed by atoms with Crippen molar-refractivity contribution < 1.29 is 13.2 Å². The first kappa shape index (κ1) is 13.2. The molecule has 0 aliphatic heterocycles. The standard InChI is InChI=1S/C9H9F3N4S2/c1-8(2,5-13-3-4-17-5)14-7-16-15-6(18-7)9(10,11)12/h3-4H,1-2H3,(H,14,16). The number of alkyl halides is 3. The first-order valence-electron chi connectivity index (χ1n) is 4.88. The smallest absolute Gasteiger partial charge is 0.349 e. The molecule has 0 aliphatic rings. The highest BCUT2D eigenvalue weighted by atomic mass is 32.1. The van der Waals surface area contributed by atoms with Crippen LogP contribution in [0.25, 0.3) is 0 Å². The van der Waals surface area contributed by atoms with Gasteiger partial charge in [-0.15, -0.1) is 21.5 Å². The van der Waals surface area contributed by atoms with Gasteiger partial charge in [0, 0.05) is 11.6 Å². The quantitative estimate of drug-likeness (QED) is 0.943. The molecule has 0 amide bonds. The summed E-state index contributed by atoms with van der Waals surface area (Å²) in [5.41, 5.74) is -0.587. The number of anilines is 1. The van der Waals surface area contributed by atoms with Crippen LogP contribution >= 0.6 is 22.7 Å². The van der Waals surface area contributed by atoms with Crippen molar-refractivity contribution in [2.45, 2.75) is 25.6 Å². The number of hydrogen-bond acceptors (Lipinski definition) is 6. The number of nitrogens with zero attached hydrogens (tertiary/aromatic N) is 3. The molecule has 2 heterocycles. The van der Waals surface area contributed by atoms with E-state index in [0.29, 0.717) is 11.3 Å². The second-order valence-corrected chi connectivity index (χ2v) is 5.87. The predicted octanol–water partition coefficient (Wildman–Crippen LogP) is 3.36. The average molecular weight is 294 g/mol. The van der Waals surface area contributed by atoms with Crippen molar-refractivity contribution in [3.05, 3.63) is 21.6 Å². The normalized spacial score (nSPS) is 12.7. The highest BCUT2D eigenvalue weighted by Gasteiger charge is 2.36. The van der Waals surface area contributed by atoms with Gasteiger partial charge in [0.25, 0.3) is 0 Å². The minimum Gasteiger partial charge on any atom is -0.349 e. The van der Waals surface area contributed by atoms with Crippen LogP contribution in [0.3, 0.4) is 0 Å². The third kappa shape index (κ3) is 2.78. The highest BCUT2D eigenvalue weighted by Crippen LogP contribution is 2.35. The van der Waals surface area contributed by atoms with Crippen molar-refractivity contribution in [2.24, 2.45) is 0 Å². The fraction of sp³-hybridized carbons (Fsp3) is 0.444. The highest BCUT2D eigenvalue weighted by molar-refractivity contribution is 7.15. The number of rotatable bonds is 3. The van der Waals surface area contributed by atoms with E-state index < -0.39 is 16.7 Å². The molecule has 0 aliphatic carbocycles. The van der Waals surface area contributed by atoms with Gasteiger partial charge in [-0.3, -0.25) is 0 Å². The maximum absolute atomic E-state index is 12.4. The summed E-state index contributed by atoms with van der Waals surface area (Å²) in [7, 11) is 0. The van der Waals surface area contributed by atoms with E-state index in [1.807, 2.05) is 13.8 Å². The van der Waals surface area contributed by atoms with E-state index >= 15 is 0 Å². The third-order valence-electron chi connectivity index (χ3n) is 2.05. The summed E-state index contributed by atoms with van der Waals surface area (Å²) >= 11 is 1.90. The Labute approximate surface area is 109 Å². The van der Waals surface area contributed by atoms with Crippen molar-refractivity contribution in [1.29, 1.82) is 0 Å². The zero-order valence-corrected chi connectivity index (χ0v) is 11.1. The van der Waals surface area contributed by atoms with Gasteiger partial charge in [0.2, 0.25) is 10.1 Å². The summed E-state index contributed by atoms with van der Waals surface area (Å²) in [4.78, 5) is 4.13. The second kappa shape index (κ2) is 4.47. The van der Waals surface area contributed by atoms with Crippen molar-refractivity contribution >= 4 is 27.8 Å². The fourth-order valence-corrected chi connectivity index (χ4v) is 2.73. The number of halogens is 3. The molecule has 0 unspecified atom stereocenters. The number of nitrogens with one attached hydrogen (secondary N) is 1. The van der Waals surface area contributed by atoms with E-state index in [9.17, 15) is 13.2 Å². The minimum absolute atomic E-state index is 0.127. The van der Waals surface area contributed by atoms with E-state index in [4.69, 9.17) is 0 Å². The van der Waals surface area contributed by atoms with Gasteiger partial charge in [-0.2, -0.15) is 13.2 Å². The maximum atomic E-state index is 12.4. The lowest BCUT2D eigenvalue weighted by molar-refractivity contribution is -0.138. The molecular weight excluding hydrogens is 285 g/mol. The van der Waals surface area contributed by atoms with Crippen LogP contribution in [-0.2, 0) is 11.7 Å². The molecule has 0 aromatic carbocycles. The molecule has 0 saturated heterocycles. The van der Waals surface area contributed by atoms with Crippen molar-refractivity contribution in [1.82, 2.24) is 15.2 Å². The molecular formula is C9H9F3N4S2. The molecule has 0 radical (unpaired) electrons. The molecule has 98 valence electrons. The Morgan fingerprint density at radius 1 is 1.17 bits per heavy atom. The lowest BCUT2D eigenvalue weighted by Crippen LogP contribution is -2.27. The Hall–Kier alpha value is -1.22. The van der Waals surface area contributed by atoms with Crippen LogP contribution in [0, 0.1) is 0 Å². The summed E-state index contributed by atoms with van der Waals surface area (Å²) in [6.07, 6.45) is -2.81. The fourth-order valence-electron chi connectivity index (χ4n) is 1.24. The SMILES string of the molecule is CC(C)(Nc1nnc(C(F)(F)F)s1)c1nccs1. The predicted molar refractivity (Wildman–Crippen MR) is 63.7 cm³/mol. The van der Waals surface area contributed by atoms with Gasteiger partial charge in [-0.25, -0.2) is 4.98 Å². The molecule has 0 spiro atoms. The number of hydrogen-bond donors (Lipinski definition) is 1. The summed E-state index contributed by atoms with van der Waals surface area (Å²) in [5.74, 6) is 0. The Kier molecular flexibility index (Phi) is 3.28. The van der Waals surface area contributed by atoms with Crippen LogP contribution in [0.2, 0.25) is 0 Å². The van der Waals surface area contributed by atoms with Crippen molar-refractivity contribution in [3.8, 4) is 0 Å². The van der Waals surface area contributed by atoms with Crippen LogP contribution in [0.1, 0.15) is 23.9 Å². The lowest BCUT2D eigenvalue weighted by Gasteiger charge is -2.22. The molecule has 0 atom stereocenters. The van der Waals surface area contributed by atoms with Crippen LogP contribution in [0.15, 0.2) is 11.6 Å². The summed E-state index contributed by atoms with van der Waals surface area (Å²) in [6.45, 7) is 3.64. The molecule has 0 fully saturated rings. The van der Waals surface area contributed by atoms with Crippen molar-refractivity contribution in [2.75, 3.05) is 5.32 Å². The van der Waals surface area contributed by atoms with E-state index in [2.05, 4.69) is 20.5 Å². The van der Waals surface area contributed by atoms with Crippen LogP contribution in [-0.4, -0.2) is 15.2 Å². The van der Waals surface area contributed by atoms with Crippen LogP contribution in [0.4, 0.5) is 18.3 Å². The Morgan fingerprint density at radius 2 is 1.89 bits per heavy atom. The first-order valence-corrected chi connectivity index (χ1v) is 6.57. The number of aromatic nitrogens is 3. The van der Waals surface area contributed by atoms with E-state index in [1.165, 1.54) is 11.3 Å². The van der Waals surface area contributed by atoms with Gasteiger partial charge >= 0.3 is 6.18 Å². The summed E-state index contributed by atoms with van der Waals surface area (Å²) < 4.78 is 37.1. The Morgan fingerprint density at radius 3 is 2.39 bits per heavy atom. The molecule has 2 aromatic heterocycles. The van der Waals surface area contributed by atoms with E-state index in [1.54, 1.807) is 11.6 Å². The largest absolute Gasteiger partial charge is 0.445 e. The maximum Gasteiger partial charge on any atom is 0.445 e. The van der Waals surface area contributed by atoms with Gasteiger partial charge < -0.3 is 5.32 Å². The minimum atomic E-state index is -4.46. The summed E-state index contributed by atoms with van der Waals surface area (Å²) in [5, 5.41) is 11.3. The molecule has 2 rings (SSSR count). The van der Waals surface area contributed by atoms with Crippen molar-refractivity contribution in [3.63, 3.8) is 0 Å². The zero-order chi connectivity index (χ0) is 13.4. The van der Waals surface area contributed by atoms with Crippen LogP contribution < -0.4 is 5.32 Å². The van der Waals surface area contributed by atoms with E-state index in [-0.39, 0.29) is 5.13 Å². The molecule has 18 heavy (non-hydrogen) atoms. The second-order valence-electron chi connectivity index (χ2n) is 4.00. The topological polar surface area (TPSA) is 50.7 Å². The Bertz CT molecular complexity index is 518. The Balaban J connectivity index is 2.17. The first-order chi connectivity index (χ1) is 8.29. The molecule has 4 nitrogen and oxygen atoms in total. The van der Waals surface area contributed by atoms with Gasteiger partial charge in [-0.1, -0.05) is 11.3 Å². The van der Waals surface area contributed by atoms with Gasteiger partial charge in [-0.05, 0) is 13.8 Å². The van der Waals surface area contributed by atoms with E-state index in [0.717, 1.165) is 5.01 Å².